The lowest BCUT2D eigenvalue weighted by molar-refractivity contribution is 0.670. The summed E-state index contributed by atoms with van der Waals surface area (Å²) in [6, 6.07) is 55.8. The van der Waals surface area contributed by atoms with E-state index >= 15 is 0 Å². The molecule has 0 aliphatic heterocycles. The van der Waals surface area contributed by atoms with E-state index in [9.17, 15) is 0 Å². The number of furan rings is 1. The van der Waals surface area contributed by atoms with E-state index < -0.39 is 0 Å². The zero-order valence-electron chi connectivity index (χ0n) is 30.9. The van der Waals surface area contributed by atoms with Gasteiger partial charge >= 0.3 is 0 Å². The molecule has 0 bridgehead atoms. The Kier molecular flexibility index (Phi) is 6.48. The molecule has 0 saturated carbocycles. The van der Waals surface area contributed by atoms with E-state index in [1.165, 1.54) is 97.7 Å². The summed E-state index contributed by atoms with van der Waals surface area (Å²) in [6.07, 6.45) is 8.53. The molecule has 1 nitrogen and oxygen atoms in total. The van der Waals surface area contributed by atoms with Gasteiger partial charge in [0.25, 0.3) is 0 Å². The van der Waals surface area contributed by atoms with Crippen LogP contribution >= 0.6 is 0 Å². The molecule has 0 saturated heterocycles. The first-order valence-corrected chi connectivity index (χ1v) is 19.4. The SMILES string of the molecule is C=C/C=C(\C=C/C)c1c2c(cc3c4ccccc4c4cccc2c43)c(-c2ccccc2)c2c3ccc(-c4cccc5c4oc4ccccc45)c4cccc(c12)c43. The average molecular weight is 711 g/mol. The van der Waals surface area contributed by atoms with Gasteiger partial charge in [-0.15, -0.1) is 0 Å². The average Bonchev–Trinajstić information content (AvgIpc) is 3.90. The highest BCUT2D eigenvalue weighted by molar-refractivity contribution is 6.44. The van der Waals surface area contributed by atoms with Crippen LogP contribution in [0.5, 0.6) is 0 Å². The predicted molar refractivity (Wildman–Crippen MR) is 242 cm³/mol. The molecule has 0 atom stereocenters. The van der Waals surface area contributed by atoms with Gasteiger partial charge in [0.15, 0.2) is 0 Å². The Hall–Kier alpha value is -7.22. The molecular weight excluding hydrogens is 677 g/mol. The number of allylic oxidation sites excluding steroid dienone is 5. The van der Waals surface area contributed by atoms with Crippen molar-refractivity contribution in [2.24, 2.45) is 0 Å². The summed E-state index contributed by atoms with van der Waals surface area (Å²) in [6.45, 7) is 6.33. The van der Waals surface area contributed by atoms with E-state index in [0.29, 0.717) is 0 Å². The Labute approximate surface area is 323 Å². The zero-order chi connectivity index (χ0) is 37.1. The Morgan fingerprint density at radius 3 is 1.89 bits per heavy atom. The van der Waals surface area contributed by atoms with Crippen molar-refractivity contribution in [3.8, 4) is 22.3 Å². The van der Waals surface area contributed by atoms with Crippen LogP contribution in [0.1, 0.15) is 12.5 Å². The van der Waals surface area contributed by atoms with E-state index in [1.54, 1.807) is 0 Å². The zero-order valence-corrected chi connectivity index (χ0v) is 30.9. The maximum absolute atomic E-state index is 6.63. The molecule has 0 radical (unpaired) electrons. The number of benzene rings is 9. The largest absolute Gasteiger partial charge is 0.455 e. The Morgan fingerprint density at radius 1 is 0.464 bits per heavy atom. The summed E-state index contributed by atoms with van der Waals surface area (Å²) in [5.74, 6) is 0. The molecular formula is C55H34O. The fourth-order valence-corrected chi connectivity index (χ4v) is 10.1. The molecule has 260 valence electrons. The summed E-state index contributed by atoms with van der Waals surface area (Å²) >= 11 is 0. The van der Waals surface area contributed by atoms with Gasteiger partial charge in [0, 0.05) is 16.3 Å². The van der Waals surface area contributed by atoms with Crippen LogP contribution in [0.4, 0.5) is 0 Å². The number of rotatable bonds is 5. The van der Waals surface area contributed by atoms with Crippen LogP contribution in [-0.2, 0) is 0 Å². The second-order valence-electron chi connectivity index (χ2n) is 15.0. The van der Waals surface area contributed by atoms with Crippen LogP contribution in [0.2, 0.25) is 0 Å². The van der Waals surface area contributed by atoms with Gasteiger partial charge < -0.3 is 4.42 Å². The van der Waals surface area contributed by atoms with Gasteiger partial charge in [-0.05, 0) is 122 Å². The van der Waals surface area contributed by atoms with Gasteiger partial charge in [-0.25, -0.2) is 0 Å². The summed E-state index contributed by atoms with van der Waals surface area (Å²) in [5, 5.41) is 20.2. The van der Waals surface area contributed by atoms with Crippen LogP contribution in [-0.4, -0.2) is 0 Å². The first kappa shape index (κ1) is 31.2. The van der Waals surface area contributed by atoms with Gasteiger partial charge in [-0.1, -0.05) is 170 Å². The maximum atomic E-state index is 6.63. The summed E-state index contributed by atoms with van der Waals surface area (Å²) in [7, 11) is 0. The van der Waals surface area contributed by atoms with Gasteiger partial charge in [-0.3, -0.25) is 0 Å². The monoisotopic (exact) mass is 710 g/mol. The Balaban J connectivity index is 1.34. The molecule has 0 amide bonds. The molecule has 1 aromatic heterocycles. The van der Waals surface area contributed by atoms with Crippen molar-refractivity contribution in [3.63, 3.8) is 0 Å². The van der Waals surface area contributed by atoms with Gasteiger partial charge in [0.05, 0.1) is 0 Å². The number of para-hydroxylation sites is 2. The molecule has 0 aliphatic carbocycles. The Bertz CT molecular complexity index is 3650. The van der Waals surface area contributed by atoms with E-state index in [-0.39, 0.29) is 0 Å². The summed E-state index contributed by atoms with van der Waals surface area (Å²) in [4.78, 5) is 0. The summed E-state index contributed by atoms with van der Waals surface area (Å²) in [5.41, 5.74) is 9.00. The molecule has 0 aliphatic rings. The molecule has 1 heterocycles. The highest BCUT2D eigenvalue weighted by Gasteiger charge is 2.27. The van der Waals surface area contributed by atoms with Crippen molar-refractivity contribution in [1.29, 1.82) is 0 Å². The van der Waals surface area contributed by atoms with Crippen LogP contribution in [0.25, 0.3) is 125 Å². The third kappa shape index (κ3) is 4.04. The fourth-order valence-electron chi connectivity index (χ4n) is 10.1. The van der Waals surface area contributed by atoms with E-state index in [2.05, 4.69) is 177 Å². The Morgan fingerprint density at radius 2 is 1.09 bits per heavy atom. The first-order valence-electron chi connectivity index (χ1n) is 19.4. The molecule has 12 rings (SSSR count). The molecule has 11 aromatic carbocycles. The van der Waals surface area contributed by atoms with Gasteiger partial charge in [-0.2, -0.15) is 0 Å². The van der Waals surface area contributed by atoms with Crippen molar-refractivity contribution >= 4 is 103 Å². The lowest BCUT2D eigenvalue weighted by atomic mass is 9.83. The quantitative estimate of drug-likeness (QED) is 0.128. The molecule has 0 spiro atoms. The predicted octanol–water partition coefficient (Wildman–Crippen LogP) is 16.0. The van der Waals surface area contributed by atoms with Crippen LogP contribution in [0.3, 0.4) is 0 Å². The smallest absolute Gasteiger partial charge is 0.143 e. The maximum Gasteiger partial charge on any atom is 0.143 e. The van der Waals surface area contributed by atoms with Crippen molar-refractivity contribution in [3.05, 3.63) is 188 Å². The van der Waals surface area contributed by atoms with E-state index in [0.717, 1.165) is 33.1 Å². The highest BCUT2D eigenvalue weighted by atomic mass is 16.3. The molecule has 56 heavy (non-hydrogen) atoms. The van der Waals surface area contributed by atoms with Crippen LogP contribution in [0, 0.1) is 0 Å². The molecule has 12 aromatic rings. The number of hydrogen-bond donors (Lipinski definition) is 0. The first-order chi connectivity index (χ1) is 27.7. The standard InChI is InChI=1S/C55H34O/c1-3-15-32(16-4-2)49-52-42-26-12-22-38-34-19-8-9-20-35(34)45(51(38)42)31-46(52)48(33-17-6-5-7-18-33)53-44-30-29-36(39-23-13-27-43(50(39)44)54(49)53)40-24-14-25-41-37-21-10-11-28-47(37)56-55(40)41/h3-31H,1H2,2H3/b16-4-,32-15+. The number of hydrogen-bond acceptors (Lipinski definition) is 1. The second kappa shape index (κ2) is 11.6. The normalized spacial score (nSPS) is 12.8. The van der Waals surface area contributed by atoms with Crippen LogP contribution < -0.4 is 0 Å². The fraction of sp³-hybridized carbons (Fsp3) is 0.0182. The number of fused-ring (bicyclic) bond motifs is 11. The minimum atomic E-state index is 0.910. The second-order valence-corrected chi connectivity index (χ2v) is 15.0. The van der Waals surface area contributed by atoms with Crippen molar-refractivity contribution in [2.45, 2.75) is 6.92 Å². The molecule has 0 fully saturated rings. The summed E-state index contributed by atoms with van der Waals surface area (Å²) < 4.78 is 6.63. The molecule has 0 unspecified atom stereocenters. The van der Waals surface area contributed by atoms with Gasteiger partial charge in [0.1, 0.15) is 11.2 Å². The molecule has 1 heteroatoms. The van der Waals surface area contributed by atoms with Crippen LogP contribution in [0.15, 0.2) is 187 Å². The van der Waals surface area contributed by atoms with Gasteiger partial charge in [0.2, 0.25) is 0 Å². The third-order valence-electron chi connectivity index (χ3n) is 12.2. The van der Waals surface area contributed by atoms with Crippen molar-refractivity contribution in [1.82, 2.24) is 0 Å². The molecule has 0 N–H and O–H groups in total. The lowest BCUT2D eigenvalue weighted by Gasteiger charge is -2.19. The topological polar surface area (TPSA) is 13.1 Å². The minimum absolute atomic E-state index is 0.910. The van der Waals surface area contributed by atoms with Crippen molar-refractivity contribution < 1.29 is 4.42 Å². The lowest BCUT2D eigenvalue weighted by Crippen LogP contribution is -1.93. The third-order valence-corrected chi connectivity index (χ3v) is 12.2. The van der Waals surface area contributed by atoms with Crippen molar-refractivity contribution in [2.75, 3.05) is 0 Å². The van der Waals surface area contributed by atoms with E-state index in [4.69, 9.17) is 4.42 Å². The van der Waals surface area contributed by atoms with E-state index in [1.807, 2.05) is 12.1 Å². The highest BCUT2D eigenvalue weighted by Crippen LogP contribution is 2.54. The minimum Gasteiger partial charge on any atom is -0.455 e.